The lowest BCUT2D eigenvalue weighted by atomic mass is 10.2. The van der Waals surface area contributed by atoms with Crippen molar-refractivity contribution in [2.45, 2.75) is 19.3 Å². The molecule has 0 saturated heterocycles. The molecular formula is C13H16BrCl2NO. The predicted molar refractivity (Wildman–Crippen MR) is 80.7 cm³/mol. The molecule has 5 heteroatoms. The molecule has 0 atom stereocenters. The summed E-state index contributed by atoms with van der Waals surface area (Å²) in [6.45, 7) is 0.721. The van der Waals surface area contributed by atoms with Crippen LogP contribution in [0.4, 0.5) is 0 Å². The Labute approximate surface area is 126 Å². The molecule has 0 aliphatic heterocycles. The summed E-state index contributed by atoms with van der Waals surface area (Å²) in [7, 11) is 1.79. The topological polar surface area (TPSA) is 20.3 Å². The van der Waals surface area contributed by atoms with Gasteiger partial charge in [-0.2, -0.15) is 0 Å². The summed E-state index contributed by atoms with van der Waals surface area (Å²) < 4.78 is 0.853. The highest BCUT2D eigenvalue weighted by Gasteiger charge is 2.15. The highest BCUT2D eigenvalue weighted by molar-refractivity contribution is 9.10. The Balaban J connectivity index is 2.60. The number of benzene rings is 1. The second-order valence-electron chi connectivity index (χ2n) is 4.10. The summed E-state index contributed by atoms with van der Waals surface area (Å²) in [6.07, 6.45) is 2.98. The maximum absolute atomic E-state index is 12.2. The molecule has 1 aromatic rings. The van der Waals surface area contributed by atoms with Gasteiger partial charge < -0.3 is 4.90 Å². The van der Waals surface area contributed by atoms with E-state index in [9.17, 15) is 4.79 Å². The molecule has 0 radical (unpaired) electrons. The van der Waals surface area contributed by atoms with Crippen LogP contribution in [0, 0.1) is 0 Å². The van der Waals surface area contributed by atoms with Gasteiger partial charge in [-0.1, -0.05) is 34.0 Å². The standard InChI is InChI=1S/C13H16BrCl2NO/c1-17(8-4-2-3-7-15)13(18)11-9-10(14)5-6-12(11)16/h5-6,9H,2-4,7-8H2,1H3. The molecule has 1 aromatic carbocycles. The molecule has 0 spiro atoms. The number of nitrogens with zero attached hydrogens (tertiary/aromatic N) is 1. The third-order valence-corrected chi connectivity index (χ3v) is 3.72. The first-order chi connectivity index (χ1) is 8.56. The second-order valence-corrected chi connectivity index (χ2v) is 5.80. The van der Waals surface area contributed by atoms with Gasteiger partial charge in [0.05, 0.1) is 10.6 Å². The average Bonchev–Trinajstić information content (AvgIpc) is 2.36. The van der Waals surface area contributed by atoms with Crippen LogP contribution in [0.3, 0.4) is 0 Å². The number of amides is 1. The third kappa shape index (κ3) is 4.79. The lowest BCUT2D eigenvalue weighted by molar-refractivity contribution is 0.0793. The van der Waals surface area contributed by atoms with E-state index in [0.717, 1.165) is 30.3 Å². The minimum absolute atomic E-state index is 0.0489. The predicted octanol–water partition coefficient (Wildman–Crippen LogP) is 4.58. The van der Waals surface area contributed by atoms with E-state index in [1.807, 2.05) is 6.07 Å². The normalized spacial score (nSPS) is 10.4. The smallest absolute Gasteiger partial charge is 0.255 e. The molecule has 0 heterocycles. The monoisotopic (exact) mass is 351 g/mol. The molecule has 0 aromatic heterocycles. The Hall–Kier alpha value is -0.250. The van der Waals surface area contributed by atoms with E-state index in [1.54, 1.807) is 24.1 Å². The van der Waals surface area contributed by atoms with Crippen LogP contribution in [0.1, 0.15) is 29.6 Å². The van der Waals surface area contributed by atoms with Crippen LogP contribution in [-0.4, -0.2) is 30.3 Å². The first-order valence-corrected chi connectivity index (χ1v) is 7.53. The van der Waals surface area contributed by atoms with Crippen molar-refractivity contribution in [3.8, 4) is 0 Å². The summed E-state index contributed by atoms with van der Waals surface area (Å²) >= 11 is 15.0. The second kappa shape index (κ2) is 8.03. The number of halogens is 3. The van der Waals surface area contributed by atoms with Gasteiger partial charge in [-0.3, -0.25) is 4.79 Å². The van der Waals surface area contributed by atoms with Crippen molar-refractivity contribution in [3.05, 3.63) is 33.3 Å². The van der Waals surface area contributed by atoms with Gasteiger partial charge in [0.25, 0.3) is 5.91 Å². The zero-order valence-electron chi connectivity index (χ0n) is 10.3. The molecule has 0 fully saturated rings. The number of rotatable bonds is 6. The fourth-order valence-electron chi connectivity index (χ4n) is 1.59. The number of alkyl halides is 1. The molecule has 18 heavy (non-hydrogen) atoms. The molecule has 0 aliphatic rings. The van der Waals surface area contributed by atoms with Gasteiger partial charge in [0, 0.05) is 23.9 Å². The van der Waals surface area contributed by atoms with Crippen molar-refractivity contribution in [2.24, 2.45) is 0 Å². The van der Waals surface area contributed by atoms with Crippen LogP contribution < -0.4 is 0 Å². The van der Waals surface area contributed by atoms with Crippen molar-refractivity contribution in [1.82, 2.24) is 4.90 Å². The maximum Gasteiger partial charge on any atom is 0.255 e. The lowest BCUT2D eigenvalue weighted by Gasteiger charge is -2.18. The number of hydrogen-bond donors (Lipinski definition) is 0. The molecule has 0 bridgehead atoms. The number of hydrogen-bond acceptors (Lipinski definition) is 1. The first kappa shape index (κ1) is 15.8. The van der Waals surface area contributed by atoms with Crippen LogP contribution in [-0.2, 0) is 0 Å². The van der Waals surface area contributed by atoms with Gasteiger partial charge in [0.15, 0.2) is 0 Å². The SMILES string of the molecule is CN(CCCCCCl)C(=O)c1cc(Br)ccc1Cl. The van der Waals surface area contributed by atoms with E-state index in [-0.39, 0.29) is 5.91 Å². The first-order valence-electron chi connectivity index (χ1n) is 5.82. The Morgan fingerprint density at radius 1 is 1.33 bits per heavy atom. The van der Waals surface area contributed by atoms with Gasteiger partial charge in [0.1, 0.15) is 0 Å². The van der Waals surface area contributed by atoms with Crippen molar-refractivity contribution in [1.29, 1.82) is 0 Å². The van der Waals surface area contributed by atoms with E-state index in [4.69, 9.17) is 23.2 Å². The van der Waals surface area contributed by atoms with Crippen molar-refractivity contribution in [3.63, 3.8) is 0 Å². The quantitative estimate of drug-likeness (QED) is 0.541. The van der Waals surface area contributed by atoms with Gasteiger partial charge in [0.2, 0.25) is 0 Å². The highest BCUT2D eigenvalue weighted by Crippen LogP contribution is 2.22. The maximum atomic E-state index is 12.2. The molecule has 2 nitrogen and oxygen atoms in total. The highest BCUT2D eigenvalue weighted by atomic mass is 79.9. The van der Waals surface area contributed by atoms with Crippen LogP contribution in [0.2, 0.25) is 5.02 Å². The molecule has 0 N–H and O–H groups in total. The molecule has 0 unspecified atom stereocenters. The van der Waals surface area contributed by atoms with Crippen LogP contribution in [0.5, 0.6) is 0 Å². The largest absolute Gasteiger partial charge is 0.342 e. The van der Waals surface area contributed by atoms with Crippen molar-refractivity contribution >= 4 is 45.0 Å². The van der Waals surface area contributed by atoms with E-state index < -0.39 is 0 Å². The molecule has 1 amide bonds. The summed E-state index contributed by atoms with van der Waals surface area (Å²) in [5.41, 5.74) is 0.533. The van der Waals surface area contributed by atoms with Gasteiger partial charge >= 0.3 is 0 Å². The molecule has 0 aliphatic carbocycles. The van der Waals surface area contributed by atoms with E-state index in [0.29, 0.717) is 16.5 Å². The third-order valence-electron chi connectivity index (χ3n) is 2.63. The van der Waals surface area contributed by atoms with Crippen LogP contribution in [0.25, 0.3) is 0 Å². The zero-order valence-corrected chi connectivity index (χ0v) is 13.4. The number of carbonyl (C=O) groups excluding carboxylic acids is 1. The number of carbonyl (C=O) groups is 1. The van der Waals surface area contributed by atoms with Gasteiger partial charge in [-0.05, 0) is 31.0 Å². The Kier molecular flexibility index (Phi) is 7.05. The lowest BCUT2D eigenvalue weighted by Crippen LogP contribution is -2.28. The average molecular weight is 353 g/mol. The Morgan fingerprint density at radius 3 is 2.72 bits per heavy atom. The molecular weight excluding hydrogens is 337 g/mol. The summed E-state index contributed by atoms with van der Waals surface area (Å²) in [6, 6.07) is 5.29. The summed E-state index contributed by atoms with van der Waals surface area (Å²) in [5, 5.41) is 0.482. The minimum atomic E-state index is -0.0489. The molecule has 0 saturated carbocycles. The summed E-state index contributed by atoms with van der Waals surface area (Å²) in [5.74, 6) is 0.627. The van der Waals surface area contributed by atoms with Gasteiger partial charge in [-0.15, -0.1) is 11.6 Å². The van der Waals surface area contributed by atoms with Crippen LogP contribution >= 0.6 is 39.1 Å². The zero-order chi connectivity index (χ0) is 13.5. The molecule has 100 valence electrons. The fourth-order valence-corrected chi connectivity index (χ4v) is 2.34. The number of unbranched alkanes of at least 4 members (excludes halogenated alkanes) is 2. The van der Waals surface area contributed by atoms with E-state index in [1.165, 1.54) is 0 Å². The Bertz CT molecular complexity index is 412. The Morgan fingerprint density at radius 2 is 2.06 bits per heavy atom. The van der Waals surface area contributed by atoms with Gasteiger partial charge in [-0.25, -0.2) is 0 Å². The van der Waals surface area contributed by atoms with Crippen molar-refractivity contribution < 1.29 is 4.79 Å². The van der Waals surface area contributed by atoms with E-state index in [2.05, 4.69) is 15.9 Å². The minimum Gasteiger partial charge on any atom is -0.342 e. The fraction of sp³-hybridized carbons (Fsp3) is 0.462. The summed E-state index contributed by atoms with van der Waals surface area (Å²) in [4.78, 5) is 13.9. The molecule has 1 rings (SSSR count). The van der Waals surface area contributed by atoms with E-state index >= 15 is 0 Å². The van der Waals surface area contributed by atoms with Crippen LogP contribution in [0.15, 0.2) is 22.7 Å². The van der Waals surface area contributed by atoms with Crippen molar-refractivity contribution in [2.75, 3.05) is 19.5 Å².